The first-order chi connectivity index (χ1) is 12.3. The minimum Gasteiger partial charge on any atom is -0.373 e. The van der Waals surface area contributed by atoms with Gasteiger partial charge in [0, 0.05) is 18.8 Å². The molecule has 9 heteroatoms. The van der Waals surface area contributed by atoms with Gasteiger partial charge in [0.2, 0.25) is 10.0 Å². The molecule has 3 N–H and O–H groups in total. The Morgan fingerprint density at radius 3 is 2.63 bits per heavy atom. The highest BCUT2D eigenvalue weighted by Gasteiger charge is 2.30. The van der Waals surface area contributed by atoms with Gasteiger partial charge in [0.05, 0.1) is 24.5 Å². The van der Waals surface area contributed by atoms with Gasteiger partial charge in [0.25, 0.3) is 0 Å². The number of benzene rings is 1. The lowest BCUT2D eigenvalue weighted by Gasteiger charge is -2.34. The van der Waals surface area contributed by atoms with Crippen LogP contribution in [0.15, 0.2) is 23.2 Å². The number of fused-ring (bicyclic) bond motifs is 1. The van der Waals surface area contributed by atoms with E-state index in [0.717, 1.165) is 18.5 Å². The van der Waals surface area contributed by atoms with E-state index in [4.69, 9.17) is 10.5 Å². The largest absolute Gasteiger partial charge is 0.373 e. The molecule has 7 nitrogen and oxygen atoms in total. The maximum atomic E-state index is 12.5. The van der Waals surface area contributed by atoms with E-state index in [1.54, 1.807) is 0 Å². The molecule has 3 rings (SSSR count). The van der Waals surface area contributed by atoms with Gasteiger partial charge in [-0.05, 0) is 56.4 Å². The maximum absolute atomic E-state index is 12.5. The maximum Gasteiger partial charge on any atom is 0.216 e. The van der Waals surface area contributed by atoms with Crippen LogP contribution in [0.4, 0.5) is 5.69 Å². The van der Waals surface area contributed by atoms with Crippen molar-refractivity contribution in [2.75, 3.05) is 30.7 Å². The van der Waals surface area contributed by atoms with Crippen LogP contribution in [0.2, 0.25) is 0 Å². The molecule has 152 valence electrons. The Kier molecular flexibility index (Phi) is 7.90. The standard InChI is InChI=1S/C18H28N4O3S.HI/c1-13-11-22(12-14(2)25-13)26(23,24)9-8-20-18(19)21-17-7-6-15-4-3-5-16(15)10-17;/h6-7,10,13-14H,3-5,8-9,11-12H2,1-2H3,(H3,19,20,21);1H. The van der Waals surface area contributed by atoms with Crippen LogP contribution in [-0.4, -0.2) is 56.3 Å². The molecule has 0 amide bonds. The summed E-state index contributed by atoms with van der Waals surface area (Å²) in [5.74, 6) is 0.181. The van der Waals surface area contributed by atoms with Crippen molar-refractivity contribution >= 4 is 45.6 Å². The fourth-order valence-corrected chi connectivity index (χ4v) is 5.06. The Morgan fingerprint density at radius 2 is 1.93 bits per heavy atom. The van der Waals surface area contributed by atoms with Crippen LogP contribution < -0.4 is 11.1 Å². The molecule has 1 heterocycles. The zero-order valence-electron chi connectivity index (χ0n) is 15.8. The fourth-order valence-electron chi connectivity index (χ4n) is 3.61. The Balaban J connectivity index is 0.00000261. The summed E-state index contributed by atoms with van der Waals surface area (Å²) in [5, 5.41) is 3.05. The second kappa shape index (κ2) is 9.53. The Morgan fingerprint density at radius 1 is 1.26 bits per heavy atom. The number of hydrogen-bond donors (Lipinski definition) is 2. The highest BCUT2D eigenvalue weighted by molar-refractivity contribution is 14.0. The highest BCUT2D eigenvalue weighted by atomic mass is 127. The fraction of sp³-hybridized carbons (Fsp3) is 0.611. The molecule has 0 radical (unpaired) electrons. The lowest BCUT2D eigenvalue weighted by molar-refractivity contribution is -0.0440. The molecule has 1 saturated heterocycles. The average molecular weight is 508 g/mol. The average Bonchev–Trinajstić information content (AvgIpc) is 3.01. The predicted molar refractivity (Wildman–Crippen MR) is 119 cm³/mol. The molecular weight excluding hydrogens is 479 g/mol. The summed E-state index contributed by atoms with van der Waals surface area (Å²) >= 11 is 0. The van der Waals surface area contributed by atoms with Crippen LogP contribution >= 0.6 is 24.0 Å². The molecule has 1 aliphatic carbocycles. The summed E-state index contributed by atoms with van der Waals surface area (Å²) in [5.41, 5.74) is 9.55. The Labute approximate surface area is 178 Å². The quantitative estimate of drug-likeness (QED) is 0.360. The highest BCUT2D eigenvalue weighted by Crippen LogP contribution is 2.24. The summed E-state index contributed by atoms with van der Waals surface area (Å²) in [6.07, 6.45) is 3.23. The van der Waals surface area contributed by atoms with Crippen molar-refractivity contribution in [1.29, 1.82) is 0 Å². The van der Waals surface area contributed by atoms with Gasteiger partial charge in [0.15, 0.2) is 5.96 Å². The van der Waals surface area contributed by atoms with E-state index in [-0.39, 0.29) is 54.4 Å². The minimum atomic E-state index is -3.36. The van der Waals surface area contributed by atoms with Crippen LogP contribution in [0.5, 0.6) is 0 Å². The molecule has 27 heavy (non-hydrogen) atoms. The number of rotatable bonds is 5. The topological polar surface area (TPSA) is 97.0 Å². The molecule has 1 fully saturated rings. The molecule has 2 atom stereocenters. The summed E-state index contributed by atoms with van der Waals surface area (Å²) in [7, 11) is -3.36. The number of ether oxygens (including phenoxy) is 1. The van der Waals surface area contributed by atoms with E-state index < -0.39 is 10.0 Å². The van der Waals surface area contributed by atoms with Crippen molar-refractivity contribution in [1.82, 2.24) is 4.31 Å². The number of morpholine rings is 1. The zero-order valence-corrected chi connectivity index (χ0v) is 19.0. The number of nitrogens with zero attached hydrogens (tertiary/aromatic N) is 2. The van der Waals surface area contributed by atoms with Gasteiger partial charge in [-0.15, -0.1) is 24.0 Å². The molecule has 1 aliphatic heterocycles. The number of nitrogens with one attached hydrogen (secondary N) is 1. The second-order valence-corrected chi connectivity index (χ2v) is 9.21. The molecule has 2 aliphatic rings. The zero-order chi connectivity index (χ0) is 18.7. The van der Waals surface area contributed by atoms with Crippen molar-refractivity contribution in [3.8, 4) is 0 Å². The Hall–Kier alpha value is -0.910. The van der Waals surface area contributed by atoms with Crippen molar-refractivity contribution in [2.24, 2.45) is 10.7 Å². The van der Waals surface area contributed by atoms with Gasteiger partial charge < -0.3 is 15.8 Å². The number of sulfonamides is 1. The normalized spacial score (nSPS) is 23.6. The van der Waals surface area contributed by atoms with Crippen molar-refractivity contribution in [2.45, 2.75) is 45.3 Å². The second-order valence-electron chi connectivity index (χ2n) is 7.12. The van der Waals surface area contributed by atoms with E-state index in [2.05, 4.69) is 22.4 Å². The van der Waals surface area contributed by atoms with Gasteiger partial charge in [-0.25, -0.2) is 8.42 Å². The first kappa shape index (κ1) is 22.4. The summed E-state index contributed by atoms with van der Waals surface area (Å²) in [4.78, 5) is 4.18. The van der Waals surface area contributed by atoms with Gasteiger partial charge in [-0.1, -0.05) is 6.07 Å². The van der Waals surface area contributed by atoms with Crippen molar-refractivity contribution in [3.05, 3.63) is 29.3 Å². The molecule has 0 aromatic heterocycles. The molecule has 2 unspecified atom stereocenters. The van der Waals surface area contributed by atoms with Gasteiger partial charge in [0.1, 0.15) is 0 Å². The predicted octanol–water partition coefficient (Wildman–Crippen LogP) is 1.96. The van der Waals surface area contributed by atoms with E-state index in [1.807, 2.05) is 19.9 Å². The summed E-state index contributed by atoms with van der Waals surface area (Å²) in [6, 6.07) is 6.20. The number of nitrogens with two attached hydrogens (primary N) is 1. The smallest absolute Gasteiger partial charge is 0.216 e. The Bertz CT molecular complexity index is 775. The van der Waals surface area contributed by atoms with Gasteiger partial charge in [-0.3, -0.25) is 4.99 Å². The lowest BCUT2D eigenvalue weighted by atomic mass is 10.1. The number of halogens is 1. The van der Waals surface area contributed by atoms with Gasteiger partial charge in [-0.2, -0.15) is 4.31 Å². The first-order valence-electron chi connectivity index (χ1n) is 9.15. The number of aliphatic imine (C=N–C) groups is 1. The molecule has 1 aromatic rings. The van der Waals surface area contributed by atoms with Crippen molar-refractivity contribution < 1.29 is 13.2 Å². The van der Waals surface area contributed by atoms with E-state index >= 15 is 0 Å². The third-order valence-electron chi connectivity index (χ3n) is 4.78. The molecular formula is C18H29IN4O3S. The lowest BCUT2D eigenvalue weighted by Crippen LogP contribution is -2.49. The first-order valence-corrected chi connectivity index (χ1v) is 10.8. The SMILES string of the molecule is CC1CN(S(=O)(=O)CCN=C(N)Nc2ccc3c(c2)CCC3)CC(C)O1.I. The number of hydrogen-bond acceptors (Lipinski definition) is 4. The van der Waals surface area contributed by atoms with E-state index in [9.17, 15) is 8.42 Å². The molecule has 0 spiro atoms. The molecule has 0 saturated carbocycles. The van der Waals surface area contributed by atoms with Gasteiger partial charge >= 0.3 is 0 Å². The van der Waals surface area contributed by atoms with Crippen LogP contribution in [0.1, 0.15) is 31.4 Å². The van der Waals surface area contributed by atoms with Crippen LogP contribution in [-0.2, 0) is 27.6 Å². The van der Waals surface area contributed by atoms with Crippen molar-refractivity contribution in [3.63, 3.8) is 0 Å². The molecule has 0 bridgehead atoms. The molecule has 1 aromatic carbocycles. The number of guanidine groups is 1. The van der Waals surface area contributed by atoms with E-state index in [0.29, 0.717) is 13.1 Å². The minimum absolute atomic E-state index is 0. The van der Waals surface area contributed by atoms with Crippen LogP contribution in [0.25, 0.3) is 0 Å². The summed E-state index contributed by atoms with van der Waals surface area (Å²) < 4.78 is 32.0. The monoisotopic (exact) mass is 508 g/mol. The summed E-state index contributed by atoms with van der Waals surface area (Å²) in [6.45, 7) is 4.68. The third-order valence-corrected chi connectivity index (χ3v) is 6.57. The third kappa shape index (κ3) is 6.03. The van der Waals surface area contributed by atoms with Crippen LogP contribution in [0, 0.1) is 0 Å². The van der Waals surface area contributed by atoms with Crippen LogP contribution in [0.3, 0.4) is 0 Å². The number of anilines is 1. The van der Waals surface area contributed by atoms with E-state index in [1.165, 1.54) is 21.9 Å². The number of aryl methyl sites for hydroxylation is 2.